The second-order valence-corrected chi connectivity index (χ2v) is 4.94. The van der Waals surface area contributed by atoms with Gasteiger partial charge in [0.25, 0.3) is 0 Å². The minimum atomic E-state index is 0. The molecule has 19 heavy (non-hydrogen) atoms. The predicted molar refractivity (Wildman–Crippen MR) is 80.8 cm³/mol. The van der Waals surface area contributed by atoms with Crippen LogP contribution in [0.15, 0.2) is 36.5 Å². The Morgan fingerprint density at radius 2 is 1.84 bits per heavy atom. The van der Waals surface area contributed by atoms with Gasteiger partial charge in [-0.15, -0.1) is 12.4 Å². The Kier molecular flexibility index (Phi) is 4.61. The summed E-state index contributed by atoms with van der Waals surface area (Å²) < 4.78 is 2.21. The lowest BCUT2D eigenvalue weighted by Crippen LogP contribution is -2.30. The highest BCUT2D eigenvalue weighted by molar-refractivity contribution is 5.85. The van der Waals surface area contributed by atoms with E-state index in [1.54, 1.807) is 0 Å². The van der Waals surface area contributed by atoms with Crippen LogP contribution in [0.3, 0.4) is 0 Å². The average Bonchev–Trinajstić information content (AvgIpc) is 2.83. The van der Waals surface area contributed by atoms with E-state index >= 15 is 0 Å². The van der Waals surface area contributed by atoms with Crippen molar-refractivity contribution in [3.8, 4) is 11.1 Å². The van der Waals surface area contributed by atoms with Crippen molar-refractivity contribution in [1.82, 2.24) is 15.1 Å². The summed E-state index contributed by atoms with van der Waals surface area (Å²) in [4.78, 5) is 0. The van der Waals surface area contributed by atoms with Gasteiger partial charge in [0, 0.05) is 11.3 Å². The molecule has 0 radical (unpaired) electrons. The lowest BCUT2D eigenvalue weighted by molar-refractivity contribution is 0.338. The SMILES string of the molecule is Cc1c(-c2ccccc2)cnn1C1CCNCC1.Cl. The molecule has 1 aliphatic heterocycles. The fraction of sp³-hybridized carbons (Fsp3) is 0.400. The van der Waals surface area contributed by atoms with Crippen molar-refractivity contribution < 1.29 is 0 Å². The summed E-state index contributed by atoms with van der Waals surface area (Å²) in [5.41, 5.74) is 3.80. The Bertz CT molecular complexity index is 515. The molecule has 1 aromatic heterocycles. The first-order valence-corrected chi connectivity index (χ1v) is 6.66. The molecule has 4 heteroatoms. The molecule has 3 nitrogen and oxygen atoms in total. The predicted octanol–water partition coefficient (Wildman–Crippen LogP) is 3.20. The Morgan fingerprint density at radius 1 is 1.16 bits per heavy atom. The lowest BCUT2D eigenvalue weighted by Gasteiger charge is -2.24. The number of hydrogen-bond donors (Lipinski definition) is 1. The van der Waals surface area contributed by atoms with Crippen LogP contribution in [0.5, 0.6) is 0 Å². The smallest absolute Gasteiger partial charge is 0.0571 e. The fourth-order valence-electron chi connectivity index (χ4n) is 2.74. The van der Waals surface area contributed by atoms with Crippen molar-refractivity contribution in [3.63, 3.8) is 0 Å². The van der Waals surface area contributed by atoms with Crippen LogP contribution >= 0.6 is 12.4 Å². The third-order valence-electron chi connectivity index (χ3n) is 3.78. The molecule has 1 saturated heterocycles. The van der Waals surface area contributed by atoms with E-state index in [1.807, 2.05) is 6.20 Å². The summed E-state index contributed by atoms with van der Waals surface area (Å²) in [5, 5.41) is 8.01. The molecule has 0 saturated carbocycles. The largest absolute Gasteiger partial charge is 0.317 e. The molecular formula is C15H20ClN3. The van der Waals surface area contributed by atoms with Gasteiger partial charge < -0.3 is 5.32 Å². The number of rotatable bonds is 2. The molecule has 0 spiro atoms. The maximum absolute atomic E-state index is 4.60. The normalized spacial score (nSPS) is 16.1. The Labute approximate surface area is 120 Å². The van der Waals surface area contributed by atoms with Gasteiger partial charge in [-0.3, -0.25) is 4.68 Å². The molecule has 0 unspecified atom stereocenters. The first-order valence-electron chi connectivity index (χ1n) is 6.66. The lowest BCUT2D eigenvalue weighted by atomic mass is 10.0. The van der Waals surface area contributed by atoms with Crippen LogP contribution in [-0.2, 0) is 0 Å². The molecule has 1 aromatic carbocycles. The van der Waals surface area contributed by atoms with E-state index in [1.165, 1.54) is 29.7 Å². The molecule has 1 fully saturated rings. The first-order chi connectivity index (χ1) is 8.86. The molecule has 3 rings (SSSR count). The maximum Gasteiger partial charge on any atom is 0.0571 e. The second kappa shape index (κ2) is 6.22. The zero-order valence-electron chi connectivity index (χ0n) is 11.2. The Balaban J connectivity index is 0.00000133. The van der Waals surface area contributed by atoms with Gasteiger partial charge >= 0.3 is 0 Å². The first kappa shape index (κ1) is 14.1. The van der Waals surface area contributed by atoms with E-state index in [0.29, 0.717) is 6.04 Å². The van der Waals surface area contributed by atoms with Crippen molar-refractivity contribution in [2.24, 2.45) is 0 Å². The van der Waals surface area contributed by atoms with E-state index in [2.05, 4.69) is 52.4 Å². The standard InChI is InChI=1S/C15H19N3.ClH/c1-12-15(13-5-3-2-4-6-13)11-17-18(12)14-7-9-16-10-8-14;/h2-6,11,14,16H,7-10H2,1H3;1H. The van der Waals surface area contributed by atoms with E-state index in [9.17, 15) is 0 Å². The topological polar surface area (TPSA) is 29.9 Å². The van der Waals surface area contributed by atoms with Crippen molar-refractivity contribution >= 4 is 12.4 Å². The number of hydrogen-bond acceptors (Lipinski definition) is 2. The Morgan fingerprint density at radius 3 is 2.53 bits per heavy atom. The van der Waals surface area contributed by atoms with E-state index in [-0.39, 0.29) is 12.4 Å². The summed E-state index contributed by atoms with van der Waals surface area (Å²) in [6.45, 7) is 4.38. The van der Waals surface area contributed by atoms with Crippen molar-refractivity contribution in [2.75, 3.05) is 13.1 Å². The van der Waals surface area contributed by atoms with Crippen LogP contribution in [0.25, 0.3) is 11.1 Å². The van der Waals surface area contributed by atoms with Crippen molar-refractivity contribution in [1.29, 1.82) is 0 Å². The molecule has 102 valence electrons. The van der Waals surface area contributed by atoms with Gasteiger partial charge in [-0.25, -0.2) is 0 Å². The van der Waals surface area contributed by atoms with Crippen LogP contribution in [0, 0.1) is 6.92 Å². The van der Waals surface area contributed by atoms with Gasteiger partial charge in [-0.2, -0.15) is 5.10 Å². The molecule has 0 aliphatic carbocycles. The molecule has 2 heterocycles. The monoisotopic (exact) mass is 277 g/mol. The number of nitrogens with one attached hydrogen (secondary N) is 1. The summed E-state index contributed by atoms with van der Waals surface area (Å²) in [7, 11) is 0. The fourth-order valence-corrected chi connectivity index (χ4v) is 2.74. The summed E-state index contributed by atoms with van der Waals surface area (Å²) >= 11 is 0. The molecule has 0 atom stereocenters. The average molecular weight is 278 g/mol. The zero-order chi connectivity index (χ0) is 12.4. The van der Waals surface area contributed by atoms with Gasteiger partial charge in [0.15, 0.2) is 0 Å². The number of benzene rings is 1. The number of piperidine rings is 1. The maximum atomic E-state index is 4.60. The summed E-state index contributed by atoms with van der Waals surface area (Å²) in [5.74, 6) is 0. The highest BCUT2D eigenvalue weighted by Crippen LogP contribution is 2.27. The second-order valence-electron chi connectivity index (χ2n) is 4.94. The zero-order valence-corrected chi connectivity index (χ0v) is 12.0. The third kappa shape index (κ3) is 2.82. The van der Waals surface area contributed by atoms with Gasteiger partial charge in [-0.1, -0.05) is 30.3 Å². The van der Waals surface area contributed by atoms with Crippen LogP contribution in [0.2, 0.25) is 0 Å². The quantitative estimate of drug-likeness (QED) is 0.914. The molecule has 2 aromatic rings. The van der Waals surface area contributed by atoms with Gasteiger partial charge in [0.05, 0.1) is 12.2 Å². The van der Waals surface area contributed by atoms with Crippen LogP contribution < -0.4 is 5.32 Å². The van der Waals surface area contributed by atoms with E-state index in [4.69, 9.17) is 0 Å². The molecule has 0 bridgehead atoms. The van der Waals surface area contributed by atoms with E-state index < -0.39 is 0 Å². The van der Waals surface area contributed by atoms with Crippen molar-refractivity contribution in [3.05, 3.63) is 42.2 Å². The number of halogens is 1. The third-order valence-corrected chi connectivity index (χ3v) is 3.78. The van der Waals surface area contributed by atoms with E-state index in [0.717, 1.165) is 13.1 Å². The molecule has 0 amide bonds. The molecule has 1 N–H and O–H groups in total. The highest BCUT2D eigenvalue weighted by atomic mass is 35.5. The van der Waals surface area contributed by atoms with Gasteiger partial charge in [0.2, 0.25) is 0 Å². The minimum Gasteiger partial charge on any atom is -0.317 e. The Hall–Kier alpha value is -1.32. The summed E-state index contributed by atoms with van der Waals surface area (Å²) in [6.07, 6.45) is 4.36. The van der Waals surface area contributed by atoms with Gasteiger partial charge in [0.1, 0.15) is 0 Å². The number of nitrogens with zero attached hydrogens (tertiary/aromatic N) is 2. The van der Waals surface area contributed by atoms with Crippen LogP contribution in [-0.4, -0.2) is 22.9 Å². The van der Waals surface area contributed by atoms with Crippen LogP contribution in [0.1, 0.15) is 24.6 Å². The molecular weight excluding hydrogens is 258 g/mol. The molecule has 1 aliphatic rings. The highest BCUT2D eigenvalue weighted by Gasteiger charge is 2.18. The summed E-state index contributed by atoms with van der Waals surface area (Å²) in [6, 6.07) is 11.1. The van der Waals surface area contributed by atoms with Gasteiger partial charge in [-0.05, 0) is 38.4 Å². The van der Waals surface area contributed by atoms with Crippen molar-refractivity contribution in [2.45, 2.75) is 25.8 Å². The number of aromatic nitrogens is 2. The van der Waals surface area contributed by atoms with Crippen LogP contribution in [0.4, 0.5) is 0 Å². The minimum absolute atomic E-state index is 0.